The molecular formula is C19H20N2O5S. The van der Waals surface area contributed by atoms with Gasteiger partial charge < -0.3 is 20.5 Å². The molecule has 0 aliphatic rings. The van der Waals surface area contributed by atoms with E-state index in [2.05, 4.69) is 10.6 Å². The Bertz CT molecular complexity index is 825. The van der Waals surface area contributed by atoms with Crippen molar-refractivity contribution in [3.05, 3.63) is 48.5 Å². The average molecular weight is 388 g/mol. The Balaban J connectivity index is 1.87. The molecular weight excluding hydrogens is 368 g/mol. The van der Waals surface area contributed by atoms with Crippen molar-refractivity contribution in [2.45, 2.75) is 17.7 Å². The van der Waals surface area contributed by atoms with Crippen molar-refractivity contribution < 1.29 is 24.2 Å². The van der Waals surface area contributed by atoms with E-state index in [4.69, 9.17) is 9.84 Å². The molecule has 27 heavy (non-hydrogen) atoms. The van der Waals surface area contributed by atoms with Crippen molar-refractivity contribution in [2.75, 3.05) is 23.5 Å². The molecule has 3 N–H and O–H groups in total. The minimum absolute atomic E-state index is 0.0893. The molecule has 0 unspecified atom stereocenters. The zero-order valence-corrected chi connectivity index (χ0v) is 15.5. The first-order valence-corrected chi connectivity index (χ1v) is 9.14. The quantitative estimate of drug-likeness (QED) is 0.570. The fourth-order valence-corrected chi connectivity index (χ4v) is 2.95. The number of carbonyl (C=O) groups excluding carboxylic acids is 2. The second-order valence-corrected chi connectivity index (χ2v) is 6.56. The number of aliphatic carboxylic acids is 1. The van der Waals surface area contributed by atoms with Crippen LogP contribution in [0.25, 0.3) is 0 Å². The predicted molar refractivity (Wildman–Crippen MR) is 104 cm³/mol. The van der Waals surface area contributed by atoms with Gasteiger partial charge in [0.25, 0.3) is 0 Å². The van der Waals surface area contributed by atoms with Gasteiger partial charge in [-0.2, -0.15) is 0 Å². The van der Waals surface area contributed by atoms with E-state index in [-0.39, 0.29) is 30.4 Å². The predicted octanol–water partition coefficient (Wildman–Crippen LogP) is 3.23. The SMILES string of the molecule is COc1ccccc1NC(=O)CSc1cccc(NC(=O)CCC(=O)O)c1. The van der Waals surface area contributed by atoms with Gasteiger partial charge in [-0.3, -0.25) is 14.4 Å². The molecule has 2 aromatic carbocycles. The third kappa shape index (κ3) is 7.02. The van der Waals surface area contributed by atoms with Gasteiger partial charge in [0.2, 0.25) is 11.8 Å². The number of nitrogens with one attached hydrogen (secondary N) is 2. The average Bonchev–Trinajstić information content (AvgIpc) is 2.65. The second kappa shape index (κ2) is 10.2. The molecule has 0 heterocycles. The van der Waals surface area contributed by atoms with E-state index in [1.807, 2.05) is 18.2 Å². The summed E-state index contributed by atoms with van der Waals surface area (Å²) in [6.07, 6.45) is -0.308. The molecule has 0 aromatic heterocycles. The zero-order valence-electron chi connectivity index (χ0n) is 14.7. The largest absolute Gasteiger partial charge is 0.495 e. The van der Waals surface area contributed by atoms with Crippen molar-refractivity contribution >= 4 is 40.9 Å². The molecule has 0 aliphatic heterocycles. The molecule has 2 rings (SSSR count). The summed E-state index contributed by atoms with van der Waals surface area (Å²) in [6, 6.07) is 14.2. The number of carbonyl (C=O) groups is 3. The van der Waals surface area contributed by atoms with Crippen LogP contribution < -0.4 is 15.4 Å². The number of hydrogen-bond donors (Lipinski definition) is 3. The number of carboxylic acid groups (broad SMARTS) is 1. The van der Waals surface area contributed by atoms with E-state index in [0.717, 1.165) is 4.90 Å². The highest BCUT2D eigenvalue weighted by Gasteiger charge is 2.09. The lowest BCUT2D eigenvalue weighted by atomic mass is 10.2. The highest BCUT2D eigenvalue weighted by Crippen LogP contribution is 2.25. The van der Waals surface area contributed by atoms with Gasteiger partial charge in [-0.15, -0.1) is 11.8 Å². The van der Waals surface area contributed by atoms with Crippen LogP contribution in [0, 0.1) is 0 Å². The number of hydrogen-bond acceptors (Lipinski definition) is 5. The lowest BCUT2D eigenvalue weighted by Gasteiger charge is -2.10. The summed E-state index contributed by atoms with van der Waals surface area (Å²) >= 11 is 1.32. The fourth-order valence-electron chi connectivity index (χ4n) is 2.19. The van der Waals surface area contributed by atoms with Gasteiger partial charge in [0.05, 0.1) is 25.0 Å². The Labute approximate surface area is 161 Å². The molecule has 0 saturated carbocycles. The number of anilines is 2. The molecule has 0 fully saturated rings. The van der Waals surface area contributed by atoms with Crippen molar-refractivity contribution in [2.24, 2.45) is 0 Å². The molecule has 0 atom stereocenters. The Hall–Kier alpha value is -3.00. The van der Waals surface area contributed by atoms with Crippen molar-refractivity contribution in [1.29, 1.82) is 0 Å². The number of carboxylic acids is 1. The summed E-state index contributed by atoms with van der Waals surface area (Å²) in [4.78, 5) is 35.2. The summed E-state index contributed by atoms with van der Waals surface area (Å²) in [6.45, 7) is 0. The van der Waals surface area contributed by atoms with Gasteiger partial charge >= 0.3 is 5.97 Å². The van der Waals surface area contributed by atoms with E-state index in [9.17, 15) is 14.4 Å². The Morgan fingerprint density at radius 1 is 1.00 bits per heavy atom. The molecule has 8 heteroatoms. The van der Waals surface area contributed by atoms with E-state index in [0.29, 0.717) is 17.1 Å². The maximum absolute atomic E-state index is 12.2. The molecule has 2 amide bonds. The van der Waals surface area contributed by atoms with Crippen LogP contribution in [-0.2, 0) is 14.4 Å². The molecule has 142 valence electrons. The number of thioether (sulfide) groups is 1. The van der Waals surface area contributed by atoms with Gasteiger partial charge in [-0.25, -0.2) is 0 Å². The second-order valence-electron chi connectivity index (χ2n) is 5.51. The summed E-state index contributed by atoms with van der Waals surface area (Å²) in [5.74, 6) is -0.791. The topological polar surface area (TPSA) is 105 Å². The molecule has 0 radical (unpaired) electrons. The Morgan fingerprint density at radius 2 is 1.78 bits per heavy atom. The molecule has 7 nitrogen and oxygen atoms in total. The van der Waals surface area contributed by atoms with Crippen LogP contribution in [0.3, 0.4) is 0 Å². The minimum Gasteiger partial charge on any atom is -0.495 e. The van der Waals surface area contributed by atoms with Crippen LogP contribution in [0.15, 0.2) is 53.4 Å². The van der Waals surface area contributed by atoms with Gasteiger partial charge in [0.15, 0.2) is 0 Å². The van der Waals surface area contributed by atoms with Crippen LogP contribution in [-0.4, -0.2) is 35.8 Å². The van der Waals surface area contributed by atoms with E-state index in [1.165, 1.54) is 18.9 Å². The van der Waals surface area contributed by atoms with Crippen LogP contribution >= 0.6 is 11.8 Å². The summed E-state index contributed by atoms with van der Waals surface area (Å²) in [5, 5.41) is 14.0. The van der Waals surface area contributed by atoms with Gasteiger partial charge in [-0.1, -0.05) is 18.2 Å². The lowest BCUT2D eigenvalue weighted by Crippen LogP contribution is -2.15. The number of methoxy groups -OCH3 is 1. The maximum atomic E-state index is 12.2. The highest BCUT2D eigenvalue weighted by atomic mass is 32.2. The van der Waals surface area contributed by atoms with Crippen LogP contribution in [0.1, 0.15) is 12.8 Å². The van der Waals surface area contributed by atoms with E-state index in [1.54, 1.807) is 30.3 Å². The van der Waals surface area contributed by atoms with E-state index < -0.39 is 5.97 Å². The summed E-state index contributed by atoms with van der Waals surface area (Å²) in [7, 11) is 1.54. The lowest BCUT2D eigenvalue weighted by molar-refractivity contribution is -0.138. The normalized spacial score (nSPS) is 10.1. The third-order valence-electron chi connectivity index (χ3n) is 3.43. The first-order chi connectivity index (χ1) is 13.0. The van der Waals surface area contributed by atoms with Crippen LogP contribution in [0.2, 0.25) is 0 Å². The number of amides is 2. The number of rotatable bonds is 9. The molecule has 0 bridgehead atoms. The summed E-state index contributed by atoms with van der Waals surface area (Å²) < 4.78 is 5.20. The van der Waals surface area contributed by atoms with Crippen molar-refractivity contribution in [3.63, 3.8) is 0 Å². The Kier molecular flexibility index (Phi) is 7.69. The maximum Gasteiger partial charge on any atom is 0.303 e. The first kappa shape index (κ1) is 20.3. The Morgan fingerprint density at radius 3 is 2.52 bits per heavy atom. The summed E-state index contributed by atoms with van der Waals surface area (Å²) in [5.41, 5.74) is 1.16. The van der Waals surface area contributed by atoms with Crippen molar-refractivity contribution in [3.8, 4) is 5.75 Å². The molecule has 0 spiro atoms. The fraction of sp³-hybridized carbons (Fsp3) is 0.211. The van der Waals surface area contributed by atoms with Crippen LogP contribution in [0.5, 0.6) is 5.75 Å². The highest BCUT2D eigenvalue weighted by molar-refractivity contribution is 8.00. The van der Waals surface area contributed by atoms with Gasteiger partial charge in [0.1, 0.15) is 5.75 Å². The van der Waals surface area contributed by atoms with E-state index >= 15 is 0 Å². The van der Waals surface area contributed by atoms with Gasteiger partial charge in [0, 0.05) is 17.0 Å². The smallest absolute Gasteiger partial charge is 0.303 e. The van der Waals surface area contributed by atoms with Crippen LogP contribution in [0.4, 0.5) is 11.4 Å². The monoisotopic (exact) mass is 388 g/mol. The number of ether oxygens (including phenoxy) is 1. The first-order valence-electron chi connectivity index (χ1n) is 8.15. The number of para-hydroxylation sites is 2. The minimum atomic E-state index is -1.02. The third-order valence-corrected chi connectivity index (χ3v) is 4.43. The molecule has 2 aromatic rings. The standard InChI is InChI=1S/C19H20N2O5S/c1-26-16-8-3-2-7-15(16)21-18(23)12-27-14-6-4-5-13(11-14)20-17(22)9-10-19(24)25/h2-8,11H,9-10,12H2,1H3,(H,20,22)(H,21,23)(H,24,25). The molecule has 0 aliphatic carbocycles. The molecule has 0 saturated heterocycles. The number of benzene rings is 2. The zero-order chi connectivity index (χ0) is 19.6. The van der Waals surface area contributed by atoms with Gasteiger partial charge in [-0.05, 0) is 30.3 Å². The van der Waals surface area contributed by atoms with Crippen molar-refractivity contribution in [1.82, 2.24) is 0 Å².